The quantitative estimate of drug-likeness (QED) is 0.216. The molecule has 1 unspecified atom stereocenters. The van der Waals surface area contributed by atoms with E-state index in [-0.39, 0.29) is 12.3 Å². The van der Waals surface area contributed by atoms with Gasteiger partial charge in [-0.15, -0.1) is 0 Å². The highest BCUT2D eigenvalue weighted by atomic mass is 16.7. The van der Waals surface area contributed by atoms with Crippen molar-refractivity contribution in [1.82, 2.24) is 14.5 Å². The molecule has 1 aliphatic rings. The molecule has 0 saturated heterocycles. The first-order valence-corrected chi connectivity index (χ1v) is 13.5. The van der Waals surface area contributed by atoms with Gasteiger partial charge in [0.2, 0.25) is 6.79 Å². The topological polar surface area (TPSA) is 39.5 Å². The number of aryl methyl sites for hydroxylation is 1. The first-order chi connectivity index (χ1) is 18.2. The molecule has 37 heavy (non-hydrogen) atoms. The Hall–Kier alpha value is -3.57. The highest BCUT2D eigenvalue weighted by Gasteiger charge is 2.40. The number of fused-ring (bicyclic) bond motifs is 1. The summed E-state index contributed by atoms with van der Waals surface area (Å²) in [5.41, 5.74) is 4.79. The van der Waals surface area contributed by atoms with Crippen molar-refractivity contribution in [2.75, 3.05) is 13.3 Å². The second-order valence-electron chi connectivity index (χ2n) is 9.87. The predicted octanol–water partition coefficient (Wildman–Crippen LogP) is 6.81. The smallest absolute Gasteiger partial charge is 0.231 e. The third kappa shape index (κ3) is 5.42. The summed E-state index contributed by atoms with van der Waals surface area (Å²) in [6.07, 6.45) is 11.1. The molecule has 5 nitrogen and oxygen atoms in total. The maximum absolute atomic E-state index is 5.77. The van der Waals surface area contributed by atoms with Crippen LogP contribution in [0.15, 0.2) is 91.5 Å². The molecule has 1 aromatic heterocycles. The van der Waals surface area contributed by atoms with Crippen LogP contribution in [0.1, 0.15) is 55.4 Å². The van der Waals surface area contributed by atoms with Crippen LogP contribution in [0.2, 0.25) is 0 Å². The number of ether oxygens (including phenoxy) is 2. The Bertz CT molecular complexity index is 1260. The van der Waals surface area contributed by atoms with Crippen molar-refractivity contribution in [2.45, 2.75) is 58.2 Å². The summed E-state index contributed by atoms with van der Waals surface area (Å²) >= 11 is 0. The number of unbranched alkanes of at least 4 members (excludes halogenated alkanes) is 1. The van der Waals surface area contributed by atoms with Crippen LogP contribution in [-0.4, -0.2) is 27.8 Å². The normalized spacial score (nSPS) is 14.1. The Morgan fingerprint density at radius 1 is 0.865 bits per heavy atom. The monoisotopic (exact) mass is 495 g/mol. The SMILES string of the molecule is CCCCN(Cn1ccnc1)C(Cc1ccc2c(c1)OCO2)(c1ccccc1)c1ccc(CCC)cc1. The van der Waals surface area contributed by atoms with Crippen molar-refractivity contribution in [3.05, 3.63) is 114 Å². The Morgan fingerprint density at radius 2 is 1.62 bits per heavy atom. The zero-order valence-corrected chi connectivity index (χ0v) is 22.0. The van der Waals surface area contributed by atoms with Gasteiger partial charge in [-0.1, -0.05) is 87.4 Å². The number of hydrogen-bond donors (Lipinski definition) is 0. The number of imidazole rings is 1. The van der Waals surface area contributed by atoms with E-state index in [9.17, 15) is 0 Å². The lowest BCUT2D eigenvalue weighted by Crippen LogP contribution is -2.50. The molecule has 0 N–H and O–H groups in total. The van der Waals surface area contributed by atoms with Crippen molar-refractivity contribution in [1.29, 1.82) is 0 Å². The van der Waals surface area contributed by atoms with E-state index in [0.29, 0.717) is 0 Å². The fraction of sp³-hybridized carbons (Fsp3) is 0.344. The van der Waals surface area contributed by atoms with Crippen molar-refractivity contribution in [2.24, 2.45) is 0 Å². The van der Waals surface area contributed by atoms with Gasteiger partial charge < -0.3 is 14.0 Å². The molecule has 5 heteroatoms. The van der Waals surface area contributed by atoms with Gasteiger partial charge in [-0.05, 0) is 53.6 Å². The van der Waals surface area contributed by atoms with E-state index in [2.05, 4.69) is 101 Å². The summed E-state index contributed by atoms with van der Waals surface area (Å²) < 4.78 is 13.6. The van der Waals surface area contributed by atoms with Gasteiger partial charge in [0.1, 0.15) is 0 Å². The summed E-state index contributed by atoms with van der Waals surface area (Å²) in [7, 11) is 0. The molecule has 5 rings (SSSR count). The standard InChI is InChI=1S/C32H37N3O2/c1-3-5-19-35(24-34-20-18-33-23-34)32(28-10-7-6-8-11-28,29-15-12-26(9-4-2)13-16-29)22-27-14-17-30-31(21-27)37-25-36-30/h6-8,10-18,20-21,23H,3-5,9,19,22,24-25H2,1-2H3. The largest absolute Gasteiger partial charge is 0.454 e. The molecular weight excluding hydrogens is 458 g/mol. The van der Waals surface area contributed by atoms with Crippen LogP contribution in [-0.2, 0) is 25.0 Å². The van der Waals surface area contributed by atoms with E-state index in [1.807, 2.05) is 18.6 Å². The summed E-state index contributed by atoms with van der Waals surface area (Å²) in [6.45, 7) is 6.49. The van der Waals surface area contributed by atoms with E-state index in [1.54, 1.807) is 0 Å². The molecule has 4 aromatic rings. The minimum atomic E-state index is -0.390. The third-order valence-corrected chi connectivity index (χ3v) is 7.33. The zero-order valence-electron chi connectivity index (χ0n) is 22.0. The Morgan fingerprint density at radius 3 is 2.35 bits per heavy atom. The maximum Gasteiger partial charge on any atom is 0.231 e. The Labute approximate surface area is 220 Å². The minimum Gasteiger partial charge on any atom is -0.454 e. The minimum absolute atomic E-state index is 0.282. The van der Waals surface area contributed by atoms with Gasteiger partial charge in [0.05, 0.1) is 18.5 Å². The van der Waals surface area contributed by atoms with Gasteiger partial charge in [0, 0.05) is 18.9 Å². The van der Waals surface area contributed by atoms with Crippen LogP contribution < -0.4 is 9.47 Å². The van der Waals surface area contributed by atoms with Gasteiger partial charge in [0.15, 0.2) is 11.5 Å². The van der Waals surface area contributed by atoms with Gasteiger partial charge >= 0.3 is 0 Å². The molecular formula is C32H37N3O2. The lowest BCUT2D eigenvalue weighted by Gasteiger charge is -2.46. The van der Waals surface area contributed by atoms with Crippen LogP contribution in [0.25, 0.3) is 0 Å². The molecule has 0 aliphatic carbocycles. The molecule has 0 bridgehead atoms. The van der Waals surface area contributed by atoms with Crippen LogP contribution in [0.5, 0.6) is 11.5 Å². The molecule has 3 aromatic carbocycles. The second-order valence-corrected chi connectivity index (χ2v) is 9.87. The molecule has 0 fully saturated rings. The van der Waals surface area contributed by atoms with Crippen LogP contribution in [0.4, 0.5) is 0 Å². The average Bonchev–Trinajstić information content (AvgIpc) is 3.63. The average molecular weight is 496 g/mol. The summed E-state index contributed by atoms with van der Waals surface area (Å²) in [5.74, 6) is 1.65. The van der Waals surface area contributed by atoms with Gasteiger partial charge in [-0.2, -0.15) is 0 Å². The molecule has 2 heterocycles. The molecule has 0 amide bonds. The predicted molar refractivity (Wildman–Crippen MR) is 148 cm³/mol. The summed E-state index contributed by atoms with van der Waals surface area (Å²) in [4.78, 5) is 6.98. The highest BCUT2D eigenvalue weighted by Crippen LogP contribution is 2.42. The summed E-state index contributed by atoms with van der Waals surface area (Å²) in [6, 6.07) is 26.7. The Kier molecular flexibility index (Phi) is 7.90. The van der Waals surface area contributed by atoms with E-state index in [0.717, 1.165) is 56.8 Å². The molecule has 192 valence electrons. The van der Waals surface area contributed by atoms with Crippen molar-refractivity contribution < 1.29 is 9.47 Å². The van der Waals surface area contributed by atoms with Gasteiger partial charge in [-0.3, -0.25) is 4.90 Å². The van der Waals surface area contributed by atoms with Crippen LogP contribution in [0.3, 0.4) is 0 Å². The molecule has 0 saturated carbocycles. The van der Waals surface area contributed by atoms with E-state index in [4.69, 9.17) is 9.47 Å². The molecule has 1 aliphatic heterocycles. The van der Waals surface area contributed by atoms with Crippen LogP contribution in [0, 0.1) is 0 Å². The van der Waals surface area contributed by atoms with E-state index in [1.165, 1.54) is 22.3 Å². The van der Waals surface area contributed by atoms with Gasteiger partial charge in [0.25, 0.3) is 0 Å². The van der Waals surface area contributed by atoms with Crippen molar-refractivity contribution in [3.63, 3.8) is 0 Å². The second kappa shape index (κ2) is 11.7. The van der Waals surface area contributed by atoms with Crippen molar-refractivity contribution in [3.8, 4) is 11.5 Å². The van der Waals surface area contributed by atoms with Gasteiger partial charge in [-0.25, -0.2) is 4.98 Å². The Balaban J connectivity index is 1.68. The first kappa shape index (κ1) is 25.1. The lowest BCUT2D eigenvalue weighted by molar-refractivity contribution is 0.0813. The third-order valence-electron chi connectivity index (χ3n) is 7.33. The zero-order chi connectivity index (χ0) is 25.5. The number of nitrogens with zero attached hydrogens (tertiary/aromatic N) is 3. The number of benzene rings is 3. The fourth-order valence-electron chi connectivity index (χ4n) is 5.44. The molecule has 0 radical (unpaired) electrons. The maximum atomic E-state index is 5.77. The number of hydrogen-bond acceptors (Lipinski definition) is 4. The number of rotatable bonds is 12. The molecule has 1 atom stereocenters. The summed E-state index contributed by atoms with van der Waals surface area (Å²) in [5, 5.41) is 0. The van der Waals surface area contributed by atoms with E-state index < -0.39 is 0 Å². The number of aromatic nitrogens is 2. The van der Waals surface area contributed by atoms with Crippen molar-refractivity contribution >= 4 is 0 Å². The lowest BCUT2D eigenvalue weighted by atomic mass is 9.76. The molecule has 0 spiro atoms. The van der Waals surface area contributed by atoms with Crippen LogP contribution >= 0.6 is 0 Å². The van der Waals surface area contributed by atoms with E-state index >= 15 is 0 Å². The first-order valence-electron chi connectivity index (χ1n) is 13.5. The highest BCUT2D eigenvalue weighted by molar-refractivity contribution is 5.48. The fourth-order valence-corrected chi connectivity index (χ4v) is 5.44.